The Morgan fingerprint density at radius 1 is 1.06 bits per heavy atom. The SMILES string of the molecule is CCOC(=O)C(C)=C[C@H](C(C)C)N(C)C(=O)[C@@H](NC(=O)[C@H]1CCCCN1C1CCCCC1)C(C)(C)C. The van der Waals surface area contributed by atoms with Gasteiger partial charge in [-0.2, -0.15) is 0 Å². The van der Waals surface area contributed by atoms with E-state index in [-0.39, 0.29) is 35.8 Å². The molecule has 0 radical (unpaired) electrons. The third-order valence-electron chi connectivity index (χ3n) is 7.79. The summed E-state index contributed by atoms with van der Waals surface area (Å²) in [5.74, 6) is -0.451. The molecule has 0 aromatic carbocycles. The first-order chi connectivity index (χ1) is 16.9. The van der Waals surface area contributed by atoms with E-state index in [9.17, 15) is 14.4 Å². The van der Waals surface area contributed by atoms with Gasteiger partial charge < -0.3 is 15.0 Å². The second-order valence-electron chi connectivity index (χ2n) is 12.1. The molecule has 1 N–H and O–H groups in total. The fraction of sp³-hybridized carbons (Fsp3) is 0.828. The van der Waals surface area contributed by atoms with E-state index < -0.39 is 11.5 Å². The van der Waals surface area contributed by atoms with Crippen molar-refractivity contribution in [2.45, 2.75) is 124 Å². The van der Waals surface area contributed by atoms with Crippen LogP contribution in [0.15, 0.2) is 11.6 Å². The summed E-state index contributed by atoms with van der Waals surface area (Å²) in [6.45, 7) is 14.8. The van der Waals surface area contributed by atoms with Crippen LogP contribution in [0.2, 0.25) is 0 Å². The van der Waals surface area contributed by atoms with Crippen LogP contribution in [-0.2, 0) is 19.1 Å². The van der Waals surface area contributed by atoms with Crippen molar-refractivity contribution in [3.8, 4) is 0 Å². The zero-order valence-corrected chi connectivity index (χ0v) is 24.1. The molecule has 36 heavy (non-hydrogen) atoms. The first-order valence-electron chi connectivity index (χ1n) is 14.1. The number of carbonyl (C=O) groups is 3. The van der Waals surface area contributed by atoms with Crippen LogP contribution in [0, 0.1) is 11.3 Å². The van der Waals surface area contributed by atoms with Crippen molar-refractivity contribution in [3.63, 3.8) is 0 Å². The molecule has 7 nitrogen and oxygen atoms in total. The number of amides is 2. The van der Waals surface area contributed by atoms with Crippen molar-refractivity contribution in [3.05, 3.63) is 11.6 Å². The van der Waals surface area contributed by atoms with Gasteiger partial charge in [0.05, 0.1) is 18.7 Å². The van der Waals surface area contributed by atoms with E-state index >= 15 is 0 Å². The third-order valence-corrected chi connectivity index (χ3v) is 7.79. The normalized spacial score (nSPS) is 22.1. The minimum atomic E-state index is -0.664. The Kier molecular flexibility index (Phi) is 11.5. The molecule has 0 spiro atoms. The highest BCUT2D eigenvalue weighted by atomic mass is 16.5. The average Bonchev–Trinajstić information content (AvgIpc) is 2.84. The van der Waals surface area contributed by atoms with Gasteiger partial charge in [0.25, 0.3) is 0 Å². The maximum Gasteiger partial charge on any atom is 0.333 e. The van der Waals surface area contributed by atoms with Gasteiger partial charge in [0, 0.05) is 18.7 Å². The highest BCUT2D eigenvalue weighted by Crippen LogP contribution is 2.30. The van der Waals surface area contributed by atoms with Gasteiger partial charge in [-0.3, -0.25) is 14.5 Å². The van der Waals surface area contributed by atoms with Crippen molar-refractivity contribution in [1.29, 1.82) is 0 Å². The molecule has 3 atom stereocenters. The van der Waals surface area contributed by atoms with E-state index in [0.29, 0.717) is 18.2 Å². The van der Waals surface area contributed by atoms with Gasteiger partial charge in [-0.15, -0.1) is 0 Å². The fourth-order valence-electron chi connectivity index (χ4n) is 5.64. The molecule has 7 heteroatoms. The van der Waals surface area contributed by atoms with Crippen LogP contribution < -0.4 is 5.32 Å². The second-order valence-corrected chi connectivity index (χ2v) is 12.1. The largest absolute Gasteiger partial charge is 0.463 e. The summed E-state index contributed by atoms with van der Waals surface area (Å²) in [6.07, 6.45) is 10.9. The Morgan fingerprint density at radius 2 is 1.67 bits per heavy atom. The maximum atomic E-state index is 13.9. The van der Waals surface area contributed by atoms with Crippen molar-refractivity contribution in [1.82, 2.24) is 15.1 Å². The predicted octanol–water partition coefficient (Wildman–Crippen LogP) is 4.70. The molecule has 1 saturated heterocycles. The van der Waals surface area contributed by atoms with Crippen molar-refractivity contribution >= 4 is 17.8 Å². The van der Waals surface area contributed by atoms with E-state index in [2.05, 4.69) is 10.2 Å². The molecule has 1 heterocycles. The number of hydrogen-bond acceptors (Lipinski definition) is 5. The summed E-state index contributed by atoms with van der Waals surface area (Å²) < 4.78 is 5.13. The van der Waals surface area contributed by atoms with E-state index in [1.807, 2.05) is 40.7 Å². The van der Waals surface area contributed by atoms with Gasteiger partial charge >= 0.3 is 5.97 Å². The zero-order valence-electron chi connectivity index (χ0n) is 24.1. The van der Waals surface area contributed by atoms with E-state index in [1.54, 1.807) is 25.8 Å². The van der Waals surface area contributed by atoms with Crippen LogP contribution in [0.4, 0.5) is 0 Å². The fourth-order valence-corrected chi connectivity index (χ4v) is 5.64. The van der Waals surface area contributed by atoms with Gasteiger partial charge in [-0.1, -0.05) is 66.4 Å². The predicted molar refractivity (Wildman–Crippen MR) is 144 cm³/mol. The van der Waals surface area contributed by atoms with Crippen LogP contribution in [0.5, 0.6) is 0 Å². The lowest BCUT2D eigenvalue weighted by Crippen LogP contribution is -2.61. The summed E-state index contributed by atoms with van der Waals surface area (Å²) in [5.41, 5.74) is 0.0177. The monoisotopic (exact) mass is 505 g/mol. The summed E-state index contributed by atoms with van der Waals surface area (Å²) >= 11 is 0. The van der Waals surface area contributed by atoms with Gasteiger partial charge in [0.1, 0.15) is 6.04 Å². The molecule has 2 rings (SSSR count). The number of rotatable bonds is 9. The topological polar surface area (TPSA) is 79.0 Å². The number of nitrogens with one attached hydrogen (secondary N) is 1. The lowest BCUT2D eigenvalue weighted by atomic mass is 9.84. The number of esters is 1. The summed E-state index contributed by atoms with van der Waals surface area (Å²) in [5, 5.41) is 3.18. The molecule has 2 amide bonds. The lowest BCUT2D eigenvalue weighted by molar-refractivity contribution is -0.142. The minimum absolute atomic E-state index is 0.0266. The second kappa shape index (κ2) is 13.6. The van der Waals surface area contributed by atoms with E-state index in [4.69, 9.17) is 4.74 Å². The number of ether oxygens (including phenoxy) is 1. The maximum absolute atomic E-state index is 13.9. The molecule has 2 aliphatic rings. The van der Waals surface area contributed by atoms with E-state index in [1.165, 1.54) is 19.3 Å². The van der Waals surface area contributed by atoms with Crippen LogP contribution in [-0.4, -0.2) is 72.0 Å². The standard InChI is InChI=1S/C29H51N3O4/c1-9-36-28(35)21(4)19-24(20(2)3)31(8)27(34)25(29(5,6)7)30-26(33)23-17-13-14-18-32(23)22-15-11-10-12-16-22/h19-20,22-25H,9-18H2,1-8H3,(H,30,33)/t23-,24-,25-/m1/s1. The van der Waals surface area contributed by atoms with Gasteiger partial charge in [0.2, 0.25) is 11.8 Å². The molecule has 206 valence electrons. The smallest absolute Gasteiger partial charge is 0.333 e. The zero-order chi connectivity index (χ0) is 27.0. The Labute approximate surface area is 219 Å². The molecule has 1 aliphatic carbocycles. The molecule has 0 aromatic heterocycles. The number of likely N-dealkylation sites (N-methyl/N-ethyl adjacent to an activating group) is 1. The molecule has 0 aromatic rings. The molecule has 1 aliphatic heterocycles. The summed E-state index contributed by atoms with van der Waals surface area (Å²) in [6, 6.07) is -0.654. The first kappa shape index (κ1) is 30.3. The van der Waals surface area contributed by atoms with Crippen LogP contribution in [0.3, 0.4) is 0 Å². The molecule has 2 fully saturated rings. The molecular weight excluding hydrogens is 454 g/mol. The summed E-state index contributed by atoms with van der Waals surface area (Å²) in [4.78, 5) is 43.9. The Morgan fingerprint density at radius 3 is 2.22 bits per heavy atom. The number of likely N-dealkylation sites (tertiary alicyclic amines) is 1. The number of hydrogen-bond donors (Lipinski definition) is 1. The highest BCUT2D eigenvalue weighted by molar-refractivity contribution is 5.91. The minimum Gasteiger partial charge on any atom is -0.463 e. The first-order valence-corrected chi connectivity index (χ1v) is 14.1. The lowest BCUT2D eigenvalue weighted by Gasteiger charge is -2.43. The Balaban J connectivity index is 2.23. The van der Waals surface area contributed by atoms with Crippen molar-refractivity contribution in [2.75, 3.05) is 20.2 Å². The molecule has 0 unspecified atom stereocenters. The molecule has 1 saturated carbocycles. The van der Waals surface area contributed by atoms with Gasteiger partial charge in [0.15, 0.2) is 0 Å². The third kappa shape index (κ3) is 8.06. The van der Waals surface area contributed by atoms with Gasteiger partial charge in [-0.05, 0) is 57.4 Å². The molecule has 0 bridgehead atoms. The number of nitrogens with zero attached hydrogens (tertiary/aromatic N) is 2. The van der Waals surface area contributed by atoms with Gasteiger partial charge in [-0.25, -0.2) is 4.79 Å². The average molecular weight is 506 g/mol. The van der Waals surface area contributed by atoms with Crippen LogP contribution in [0.1, 0.15) is 99.8 Å². The Bertz CT molecular complexity index is 780. The molecular formula is C29H51N3O4. The van der Waals surface area contributed by atoms with Crippen molar-refractivity contribution < 1.29 is 19.1 Å². The van der Waals surface area contributed by atoms with Crippen molar-refractivity contribution in [2.24, 2.45) is 11.3 Å². The van der Waals surface area contributed by atoms with Crippen LogP contribution >= 0.6 is 0 Å². The highest BCUT2D eigenvalue weighted by Gasteiger charge is 2.40. The number of carbonyl (C=O) groups excluding carboxylic acids is 3. The van der Waals surface area contributed by atoms with E-state index in [0.717, 1.165) is 38.6 Å². The Hall–Kier alpha value is -1.89. The summed E-state index contributed by atoms with van der Waals surface area (Å²) in [7, 11) is 1.77. The number of piperidine rings is 1. The van der Waals surface area contributed by atoms with Crippen LogP contribution in [0.25, 0.3) is 0 Å². The quantitative estimate of drug-likeness (QED) is 0.363.